The summed E-state index contributed by atoms with van der Waals surface area (Å²) in [7, 11) is 0. The van der Waals surface area contributed by atoms with Gasteiger partial charge >= 0.3 is 11.7 Å². The number of nitrogens with zero attached hydrogens (tertiary/aromatic N) is 3. The van der Waals surface area contributed by atoms with Gasteiger partial charge in [-0.15, -0.1) is 0 Å². The van der Waals surface area contributed by atoms with Crippen LogP contribution in [-0.2, 0) is 17.8 Å². The van der Waals surface area contributed by atoms with E-state index in [1.807, 2.05) is 0 Å². The minimum atomic E-state index is -0.991. The van der Waals surface area contributed by atoms with Gasteiger partial charge in [-0.2, -0.15) is 5.10 Å². The van der Waals surface area contributed by atoms with E-state index in [9.17, 15) is 19.7 Å². The Bertz CT molecular complexity index is 844. The molecule has 1 aromatic carbocycles. The summed E-state index contributed by atoms with van der Waals surface area (Å²) in [5.74, 6) is -1.19. The topological polar surface area (TPSA) is 127 Å². The zero-order chi connectivity index (χ0) is 19.3. The number of aromatic carboxylic acids is 1. The van der Waals surface area contributed by atoms with Crippen molar-refractivity contribution in [3.63, 3.8) is 0 Å². The summed E-state index contributed by atoms with van der Waals surface area (Å²) >= 11 is 0. The van der Waals surface area contributed by atoms with Gasteiger partial charge in [-0.05, 0) is 38.0 Å². The first-order chi connectivity index (χ1) is 12.3. The lowest BCUT2D eigenvalue weighted by Gasteiger charge is -2.07. The number of carbonyl (C=O) groups is 2. The lowest BCUT2D eigenvalue weighted by Crippen LogP contribution is -2.27. The molecule has 0 fully saturated rings. The number of hydrogen-bond acceptors (Lipinski definition) is 5. The molecule has 0 aliphatic rings. The highest BCUT2D eigenvalue weighted by atomic mass is 16.6. The summed E-state index contributed by atoms with van der Waals surface area (Å²) in [6.45, 7) is 3.79. The van der Waals surface area contributed by atoms with Crippen molar-refractivity contribution < 1.29 is 19.6 Å². The second kappa shape index (κ2) is 8.24. The maximum absolute atomic E-state index is 11.9. The lowest BCUT2D eigenvalue weighted by molar-refractivity contribution is -0.386. The Kier molecular flexibility index (Phi) is 6.05. The van der Waals surface area contributed by atoms with Crippen LogP contribution in [0.5, 0.6) is 0 Å². The molecule has 9 heteroatoms. The number of nitro groups is 1. The number of carbonyl (C=O) groups excluding carboxylic acids is 1. The van der Waals surface area contributed by atoms with E-state index in [1.54, 1.807) is 32.0 Å². The van der Waals surface area contributed by atoms with Crippen molar-refractivity contribution in [1.82, 2.24) is 15.1 Å². The third-order valence-electron chi connectivity index (χ3n) is 3.99. The maximum atomic E-state index is 11.9. The maximum Gasteiger partial charge on any atom is 0.335 e. The van der Waals surface area contributed by atoms with Crippen LogP contribution < -0.4 is 5.32 Å². The molecule has 0 atom stereocenters. The first kappa shape index (κ1) is 19.1. The van der Waals surface area contributed by atoms with E-state index in [4.69, 9.17) is 5.11 Å². The summed E-state index contributed by atoms with van der Waals surface area (Å²) in [6.07, 6.45) is 0.659. The Labute approximate surface area is 149 Å². The van der Waals surface area contributed by atoms with Crippen LogP contribution in [0.4, 0.5) is 5.69 Å². The number of carboxylic acids is 1. The summed E-state index contributed by atoms with van der Waals surface area (Å²) in [6, 6.07) is 6.55. The van der Waals surface area contributed by atoms with E-state index in [0.29, 0.717) is 24.4 Å². The zero-order valence-corrected chi connectivity index (χ0v) is 14.6. The highest BCUT2D eigenvalue weighted by Gasteiger charge is 2.21. The predicted molar refractivity (Wildman–Crippen MR) is 93.1 cm³/mol. The van der Waals surface area contributed by atoms with Crippen LogP contribution in [0.25, 0.3) is 0 Å². The Morgan fingerprint density at radius 1 is 1.35 bits per heavy atom. The molecule has 138 valence electrons. The predicted octanol–water partition coefficient (Wildman–Crippen LogP) is 1.86. The van der Waals surface area contributed by atoms with Crippen molar-refractivity contribution in [3.05, 3.63) is 56.9 Å². The van der Waals surface area contributed by atoms with Gasteiger partial charge in [0.05, 0.1) is 17.0 Å². The monoisotopic (exact) mass is 360 g/mol. The van der Waals surface area contributed by atoms with Crippen molar-refractivity contribution in [2.75, 3.05) is 6.54 Å². The van der Waals surface area contributed by atoms with E-state index in [1.165, 1.54) is 10.7 Å². The number of carboxylic acid groups (broad SMARTS) is 1. The Balaban J connectivity index is 1.83. The van der Waals surface area contributed by atoms with E-state index in [-0.39, 0.29) is 30.1 Å². The molecule has 26 heavy (non-hydrogen) atoms. The lowest BCUT2D eigenvalue weighted by atomic mass is 10.1. The fourth-order valence-electron chi connectivity index (χ4n) is 2.67. The number of amides is 1. The molecule has 0 saturated carbocycles. The second-order valence-corrected chi connectivity index (χ2v) is 5.86. The van der Waals surface area contributed by atoms with E-state index < -0.39 is 10.9 Å². The Morgan fingerprint density at radius 3 is 2.69 bits per heavy atom. The van der Waals surface area contributed by atoms with Crippen molar-refractivity contribution >= 4 is 17.6 Å². The van der Waals surface area contributed by atoms with E-state index in [0.717, 1.165) is 5.56 Å². The number of hydrogen-bond donors (Lipinski definition) is 2. The molecule has 2 aromatic rings. The largest absolute Gasteiger partial charge is 0.478 e. The molecule has 1 heterocycles. The zero-order valence-electron chi connectivity index (χ0n) is 14.6. The minimum Gasteiger partial charge on any atom is -0.478 e. The molecule has 0 unspecified atom stereocenters. The van der Waals surface area contributed by atoms with Gasteiger partial charge in [0.25, 0.3) is 0 Å². The van der Waals surface area contributed by atoms with E-state index >= 15 is 0 Å². The summed E-state index contributed by atoms with van der Waals surface area (Å²) in [5, 5.41) is 26.8. The van der Waals surface area contributed by atoms with Crippen LogP contribution in [0.2, 0.25) is 0 Å². The molecule has 0 aliphatic heterocycles. The van der Waals surface area contributed by atoms with E-state index in [2.05, 4.69) is 10.4 Å². The van der Waals surface area contributed by atoms with Gasteiger partial charge in [0.2, 0.25) is 5.91 Å². The molecule has 0 saturated heterocycles. The molecule has 0 bridgehead atoms. The highest BCUT2D eigenvalue weighted by molar-refractivity contribution is 5.87. The first-order valence-corrected chi connectivity index (χ1v) is 8.07. The normalized spacial score (nSPS) is 10.5. The fourth-order valence-corrected chi connectivity index (χ4v) is 2.67. The molecule has 1 amide bonds. The van der Waals surface area contributed by atoms with Crippen LogP contribution in [0, 0.1) is 24.0 Å². The molecular formula is C17H20N4O5. The van der Waals surface area contributed by atoms with Gasteiger partial charge in [-0.1, -0.05) is 12.1 Å². The van der Waals surface area contributed by atoms with Gasteiger partial charge in [0.15, 0.2) is 0 Å². The van der Waals surface area contributed by atoms with Gasteiger partial charge in [-0.25, -0.2) is 4.79 Å². The van der Waals surface area contributed by atoms with Crippen LogP contribution in [0.1, 0.15) is 33.7 Å². The molecule has 2 N–H and O–H groups in total. The van der Waals surface area contributed by atoms with Gasteiger partial charge in [0.1, 0.15) is 11.4 Å². The molecule has 1 aromatic heterocycles. The average Bonchev–Trinajstić information content (AvgIpc) is 2.87. The van der Waals surface area contributed by atoms with Gasteiger partial charge < -0.3 is 10.4 Å². The minimum absolute atomic E-state index is 0.0243. The van der Waals surface area contributed by atoms with Crippen molar-refractivity contribution in [2.45, 2.75) is 33.2 Å². The SMILES string of the molecule is Cc1nn(CCC(=O)NCCc2cccc(C(=O)O)c2)c(C)c1[N+](=O)[O-]. The average molecular weight is 360 g/mol. The smallest absolute Gasteiger partial charge is 0.335 e. The molecule has 0 spiro atoms. The third-order valence-corrected chi connectivity index (χ3v) is 3.99. The van der Waals surface area contributed by atoms with Crippen LogP contribution in [0.15, 0.2) is 24.3 Å². The number of benzene rings is 1. The molecule has 2 rings (SSSR count). The summed E-state index contributed by atoms with van der Waals surface area (Å²) in [4.78, 5) is 33.4. The highest BCUT2D eigenvalue weighted by Crippen LogP contribution is 2.21. The third kappa shape index (κ3) is 4.65. The van der Waals surface area contributed by atoms with Crippen LogP contribution in [0.3, 0.4) is 0 Å². The molecule has 0 aliphatic carbocycles. The van der Waals surface area contributed by atoms with Crippen molar-refractivity contribution in [2.24, 2.45) is 0 Å². The number of rotatable bonds is 8. The summed E-state index contributed by atoms with van der Waals surface area (Å²) in [5.41, 5.74) is 1.75. The first-order valence-electron chi connectivity index (χ1n) is 8.07. The fraction of sp³-hybridized carbons (Fsp3) is 0.353. The number of aryl methyl sites for hydroxylation is 2. The van der Waals surface area contributed by atoms with Crippen LogP contribution in [-0.4, -0.2) is 38.2 Å². The van der Waals surface area contributed by atoms with Gasteiger partial charge in [-0.3, -0.25) is 19.6 Å². The second-order valence-electron chi connectivity index (χ2n) is 5.86. The number of aromatic nitrogens is 2. The summed E-state index contributed by atoms with van der Waals surface area (Å²) < 4.78 is 1.46. The quantitative estimate of drug-likeness (QED) is 0.546. The molecular weight excluding hydrogens is 340 g/mol. The Hall–Kier alpha value is -3.23. The standard InChI is InChI=1S/C17H20N4O5/c1-11-16(21(25)26)12(2)20(19-11)9-7-15(22)18-8-6-13-4-3-5-14(10-13)17(23)24/h3-5,10H,6-9H2,1-2H3,(H,18,22)(H,23,24). The molecule has 9 nitrogen and oxygen atoms in total. The van der Waals surface area contributed by atoms with Crippen molar-refractivity contribution in [1.29, 1.82) is 0 Å². The van der Waals surface area contributed by atoms with Gasteiger partial charge in [0, 0.05) is 13.0 Å². The van der Waals surface area contributed by atoms with Crippen LogP contribution >= 0.6 is 0 Å². The number of nitrogens with one attached hydrogen (secondary N) is 1. The van der Waals surface area contributed by atoms with Crippen molar-refractivity contribution in [3.8, 4) is 0 Å². The Morgan fingerprint density at radius 2 is 2.08 bits per heavy atom. The molecule has 0 radical (unpaired) electrons.